The van der Waals surface area contributed by atoms with Crippen LogP contribution in [0, 0.1) is 18.3 Å². The molecule has 0 aliphatic carbocycles. The Hall–Kier alpha value is -1.20. The lowest BCUT2D eigenvalue weighted by Crippen LogP contribution is -2.17. The second-order valence-corrected chi connectivity index (χ2v) is 3.38. The number of benzene rings is 1. The molecule has 0 unspecified atom stereocenters. The standard InChI is InChI=1S/C10H11ClN2/c1-8-3-4-9(11)7-10(8)13(2)6-5-12/h3-4,7H,6H2,1-2H3. The summed E-state index contributed by atoms with van der Waals surface area (Å²) in [5.41, 5.74) is 2.14. The minimum Gasteiger partial charge on any atom is -0.361 e. The Morgan fingerprint density at radius 1 is 1.54 bits per heavy atom. The van der Waals surface area contributed by atoms with E-state index in [1.807, 2.05) is 37.1 Å². The van der Waals surface area contributed by atoms with E-state index >= 15 is 0 Å². The first-order chi connectivity index (χ1) is 6.15. The van der Waals surface area contributed by atoms with Gasteiger partial charge in [0.25, 0.3) is 0 Å². The Morgan fingerprint density at radius 2 is 2.23 bits per heavy atom. The van der Waals surface area contributed by atoms with Crippen LogP contribution in [0.3, 0.4) is 0 Å². The van der Waals surface area contributed by atoms with E-state index in [-0.39, 0.29) is 0 Å². The lowest BCUT2D eigenvalue weighted by atomic mass is 10.2. The molecular weight excluding hydrogens is 184 g/mol. The molecule has 1 rings (SSSR count). The van der Waals surface area contributed by atoms with Crippen molar-refractivity contribution in [2.45, 2.75) is 6.92 Å². The van der Waals surface area contributed by atoms with E-state index in [0.717, 1.165) is 11.3 Å². The summed E-state index contributed by atoms with van der Waals surface area (Å²) < 4.78 is 0. The second-order valence-electron chi connectivity index (χ2n) is 2.94. The summed E-state index contributed by atoms with van der Waals surface area (Å²) in [6, 6.07) is 7.76. The average molecular weight is 195 g/mol. The van der Waals surface area contributed by atoms with E-state index in [2.05, 4.69) is 6.07 Å². The highest BCUT2D eigenvalue weighted by atomic mass is 35.5. The first-order valence-corrected chi connectivity index (χ1v) is 4.37. The molecule has 0 aliphatic heterocycles. The van der Waals surface area contributed by atoms with Crippen LogP contribution in [0.25, 0.3) is 0 Å². The minimum absolute atomic E-state index is 0.376. The highest BCUT2D eigenvalue weighted by Gasteiger charge is 2.03. The van der Waals surface area contributed by atoms with E-state index in [4.69, 9.17) is 16.9 Å². The summed E-state index contributed by atoms with van der Waals surface area (Å²) in [6.45, 7) is 2.38. The van der Waals surface area contributed by atoms with Crippen molar-refractivity contribution >= 4 is 17.3 Å². The monoisotopic (exact) mass is 194 g/mol. The van der Waals surface area contributed by atoms with E-state index in [1.165, 1.54) is 0 Å². The van der Waals surface area contributed by atoms with Gasteiger partial charge >= 0.3 is 0 Å². The molecule has 1 aromatic rings. The smallest absolute Gasteiger partial charge is 0.105 e. The summed E-state index contributed by atoms with van der Waals surface area (Å²) in [4.78, 5) is 1.88. The number of nitriles is 1. The van der Waals surface area contributed by atoms with Gasteiger partial charge in [-0.25, -0.2) is 0 Å². The molecule has 0 N–H and O–H groups in total. The number of nitrogens with zero attached hydrogens (tertiary/aromatic N) is 2. The molecule has 0 aliphatic rings. The van der Waals surface area contributed by atoms with Gasteiger partial charge in [0, 0.05) is 17.8 Å². The first kappa shape index (κ1) is 9.88. The molecule has 0 saturated carbocycles. The number of hydrogen-bond donors (Lipinski definition) is 0. The van der Waals surface area contributed by atoms with Gasteiger partial charge in [-0.3, -0.25) is 0 Å². The van der Waals surface area contributed by atoms with Gasteiger partial charge in [0.05, 0.1) is 6.07 Å². The Bertz CT molecular complexity index is 341. The van der Waals surface area contributed by atoms with Crippen LogP contribution in [0.2, 0.25) is 5.02 Å². The molecule has 0 aromatic heterocycles. The van der Waals surface area contributed by atoms with E-state index in [9.17, 15) is 0 Å². The van der Waals surface area contributed by atoms with Crippen molar-refractivity contribution in [3.05, 3.63) is 28.8 Å². The van der Waals surface area contributed by atoms with Crippen molar-refractivity contribution in [2.75, 3.05) is 18.5 Å². The molecule has 0 atom stereocenters. The number of hydrogen-bond acceptors (Lipinski definition) is 2. The zero-order valence-electron chi connectivity index (χ0n) is 7.71. The van der Waals surface area contributed by atoms with Crippen molar-refractivity contribution in [1.82, 2.24) is 0 Å². The molecule has 2 nitrogen and oxygen atoms in total. The third-order valence-electron chi connectivity index (χ3n) is 1.89. The molecule has 0 bridgehead atoms. The maximum atomic E-state index is 8.53. The maximum absolute atomic E-state index is 8.53. The molecule has 0 amide bonds. The molecule has 0 spiro atoms. The van der Waals surface area contributed by atoms with Gasteiger partial charge in [-0.2, -0.15) is 5.26 Å². The Morgan fingerprint density at radius 3 is 2.85 bits per heavy atom. The average Bonchev–Trinajstić information content (AvgIpc) is 2.09. The van der Waals surface area contributed by atoms with Crippen LogP contribution in [0.5, 0.6) is 0 Å². The number of rotatable bonds is 2. The minimum atomic E-state index is 0.376. The van der Waals surface area contributed by atoms with Crippen LogP contribution < -0.4 is 4.90 Å². The quantitative estimate of drug-likeness (QED) is 0.677. The molecule has 0 radical (unpaired) electrons. The Labute approximate surface area is 83.3 Å². The highest BCUT2D eigenvalue weighted by molar-refractivity contribution is 6.30. The van der Waals surface area contributed by atoms with Crippen LogP contribution >= 0.6 is 11.6 Å². The zero-order valence-corrected chi connectivity index (χ0v) is 8.47. The topological polar surface area (TPSA) is 27.0 Å². The van der Waals surface area contributed by atoms with Gasteiger partial charge in [0.2, 0.25) is 0 Å². The van der Waals surface area contributed by atoms with Crippen LogP contribution in [0.1, 0.15) is 5.56 Å². The fourth-order valence-electron chi connectivity index (χ4n) is 1.19. The predicted octanol–water partition coefficient (Wildman–Crippen LogP) is 2.61. The SMILES string of the molecule is Cc1ccc(Cl)cc1N(C)CC#N. The molecule has 0 heterocycles. The molecule has 0 saturated heterocycles. The van der Waals surface area contributed by atoms with Gasteiger partial charge in [-0.1, -0.05) is 17.7 Å². The first-order valence-electron chi connectivity index (χ1n) is 3.99. The fraction of sp³-hybridized carbons (Fsp3) is 0.300. The summed E-state index contributed by atoms with van der Waals surface area (Å²) >= 11 is 5.85. The van der Waals surface area contributed by atoms with Gasteiger partial charge in [0.1, 0.15) is 6.54 Å². The lowest BCUT2D eigenvalue weighted by Gasteiger charge is -2.17. The van der Waals surface area contributed by atoms with Crippen molar-refractivity contribution in [1.29, 1.82) is 5.26 Å². The third-order valence-corrected chi connectivity index (χ3v) is 2.13. The van der Waals surface area contributed by atoms with E-state index in [0.29, 0.717) is 11.6 Å². The van der Waals surface area contributed by atoms with Crippen LogP contribution in [-0.4, -0.2) is 13.6 Å². The Balaban J connectivity index is 3.00. The lowest BCUT2D eigenvalue weighted by molar-refractivity contribution is 1.03. The van der Waals surface area contributed by atoms with Crippen molar-refractivity contribution in [2.24, 2.45) is 0 Å². The molecule has 3 heteroatoms. The van der Waals surface area contributed by atoms with E-state index < -0.39 is 0 Å². The van der Waals surface area contributed by atoms with Crippen molar-refractivity contribution in [3.8, 4) is 6.07 Å². The summed E-state index contributed by atoms with van der Waals surface area (Å²) in [5.74, 6) is 0. The van der Waals surface area contributed by atoms with Crippen LogP contribution in [0.4, 0.5) is 5.69 Å². The molecular formula is C10H11ClN2. The van der Waals surface area contributed by atoms with Crippen LogP contribution in [0.15, 0.2) is 18.2 Å². The number of halogens is 1. The summed E-state index contributed by atoms with van der Waals surface area (Å²) in [7, 11) is 1.88. The fourth-order valence-corrected chi connectivity index (χ4v) is 1.35. The molecule has 0 fully saturated rings. The largest absolute Gasteiger partial charge is 0.361 e. The second kappa shape index (κ2) is 4.15. The number of anilines is 1. The summed E-state index contributed by atoms with van der Waals surface area (Å²) in [6.07, 6.45) is 0. The molecule has 1 aromatic carbocycles. The van der Waals surface area contributed by atoms with Gasteiger partial charge in [0.15, 0.2) is 0 Å². The van der Waals surface area contributed by atoms with Crippen molar-refractivity contribution in [3.63, 3.8) is 0 Å². The van der Waals surface area contributed by atoms with Gasteiger partial charge in [-0.15, -0.1) is 0 Å². The third kappa shape index (κ3) is 2.37. The molecule has 68 valence electrons. The number of aryl methyl sites for hydroxylation is 1. The molecule has 13 heavy (non-hydrogen) atoms. The van der Waals surface area contributed by atoms with Crippen LogP contribution in [-0.2, 0) is 0 Å². The zero-order chi connectivity index (χ0) is 9.84. The predicted molar refractivity (Wildman–Crippen MR) is 55.1 cm³/mol. The van der Waals surface area contributed by atoms with E-state index in [1.54, 1.807) is 0 Å². The van der Waals surface area contributed by atoms with Crippen molar-refractivity contribution < 1.29 is 0 Å². The maximum Gasteiger partial charge on any atom is 0.105 e. The van der Waals surface area contributed by atoms with Gasteiger partial charge < -0.3 is 4.90 Å². The highest BCUT2D eigenvalue weighted by Crippen LogP contribution is 2.22. The normalized spacial score (nSPS) is 9.38. The van der Waals surface area contributed by atoms with Gasteiger partial charge in [-0.05, 0) is 24.6 Å². The Kier molecular flexibility index (Phi) is 3.16. The summed E-state index contributed by atoms with van der Waals surface area (Å²) in [5, 5.41) is 9.23.